The Morgan fingerprint density at radius 3 is 3.00 bits per heavy atom. The summed E-state index contributed by atoms with van der Waals surface area (Å²) in [6.45, 7) is 1.21. The van der Waals surface area contributed by atoms with Crippen LogP contribution in [0.5, 0.6) is 5.75 Å². The van der Waals surface area contributed by atoms with Gasteiger partial charge >= 0.3 is 0 Å². The highest BCUT2D eigenvalue weighted by Gasteiger charge is 2.33. The van der Waals surface area contributed by atoms with E-state index < -0.39 is 0 Å². The van der Waals surface area contributed by atoms with Crippen LogP contribution in [-0.4, -0.2) is 30.6 Å². The van der Waals surface area contributed by atoms with Crippen LogP contribution in [0.1, 0.15) is 24.8 Å². The van der Waals surface area contributed by atoms with Gasteiger partial charge in [0.25, 0.3) is 0 Å². The predicted molar refractivity (Wildman–Crippen MR) is 69.8 cm³/mol. The second kappa shape index (κ2) is 4.51. The quantitative estimate of drug-likeness (QED) is 0.761. The molecular formula is C14H18ClNO. The molecule has 2 unspecified atom stereocenters. The van der Waals surface area contributed by atoms with Crippen LogP contribution in [0.15, 0.2) is 18.2 Å². The number of likely N-dealkylation sites (N-methyl/N-ethyl adjacent to an activating group) is 1. The van der Waals surface area contributed by atoms with Crippen LogP contribution in [0, 0.1) is 0 Å². The number of fused-ring (bicyclic) bond motifs is 1. The first-order valence-corrected chi connectivity index (χ1v) is 6.77. The summed E-state index contributed by atoms with van der Waals surface area (Å²) in [6, 6.07) is 6.56. The van der Waals surface area contributed by atoms with Crippen molar-refractivity contribution >= 4 is 11.6 Å². The van der Waals surface area contributed by atoms with E-state index in [-0.39, 0.29) is 0 Å². The molecule has 0 bridgehead atoms. The van der Waals surface area contributed by atoms with E-state index in [4.69, 9.17) is 16.3 Å². The molecule has 2 aliphatic heterocycles. The molecule has 0 amide bonds. The maximum absolute atomic E-state index is 6.14. The van der Waals surface area contributed by atoms with Crippen LogP contribution < -0.4 is 4.74 Å². The first kappa shape index (κ1) is 11.4. The molecule has 17 heavy (non-hydrogen) atoms. The SMILES string of the molecule is CN1CCCC1C1CCc2cc(Cl)ccc2O1. The van der Waals surface area contributed by atoms with Crippen molar-refractivity contribution < 1.29 is 4.74 Å². The van der Waals surface area contributed by atoms with Crippen LogP contribution in [0.3, 0.4) is 0 Å². The number of halogens is 1. The van der Waals surface area contributed by atoms with Gasteiger partial charge in [-0.15, -0.1) is 0 Å². The lowest BCUT2D eigenvalue weighted by Gasteiger charge is -2.33. The summed E-state index contributed by atoms with van der Waals surface area (Å²) in [4.78, 5) is 2.44. The Morgan fingerprint density at radius 2 is 2.24 bits per heavy atom. The van der Waals surface area contributed by atoms with Gasteiger partial charge in [-0.3, -0.25) is 4.90 Å². The Kier molecular flexibility index (Phi) is 3.01. The Balaban J connectivity index is 1.78. The number of likely N-dealkylation sites (tertiary alicyclic amines) is 1. The highest BCUT2D eigenvalue weighted by molar-refractivity contribution is 6.30. The van der Waals surface area contributed by atoms with Gasteiger partial charge in [-0.25, -0.2) is 0 Å². The third-order valence-electron chi connectivity index (χ3n) is 4.01. The molecule has 0 aromatic heterocycles. The van der Waals surface area contributed by atoms with Crippen LogP contribution in [-0.2, 0) is 6.42 Å². The van der Waals surface area contributed by atoms with Crippen LogP contribution >= 0.6 is 11.6 Å². The van der Waals surface area contributed by atoms with Crippen molar-refractivity contribution in [3.05, 3.63) is 28.8 Å². The van der Waals surface area contributed by atoms with Gasteiger partial charge in [-0.2, -0.15) is 0 Å². The first-order valence-electron chi connectivity index (χ1n) is 6.39. The fourth-order valence-corrected chi connectivity index (χ4v) is 3.25. The molecule has 2 heterocycles. The number of aryl methyl sites for hydroxylation is 1. The zero-order valence-electron chi connectivity index (χ0n) is 10.2. The minimum Gasteiger partial charge on any atom is -0.489 e. The minimum absolute atomic E-state index is 0.358. The molecule has 0 aliphatic carbocycles. The predicted octanol–water partition coefficient (Wildman–Crippen LogP) is 3.13. The molecule has 2 nitrogen and oxygen atoms in total. The summed E-state index contributed by atoms with van der Waals surface area (Å²) >= 11 is 6.00. The summed E-state index contributed by atoms with van der Waals surface area (Å²) in [5.41, 5.74) is 1.26. The average molecular weight is 252 g/mol. The minimum atomic E-state index is 0.358. The lowest BCUT2D eigenvalue weighted by Crippen LogP contribution is -2.41. The van der Waals surface area contributed by atoms with Crippen molar-refractivity contribution in [2.24, 2.45) is 0 Å². The maximum Gasteiger partial charge on any atom is 0.123 e. The smallest absolute Gasteiger partial charge is 0.123 e. The van der Waals surface area contributed by atoms with Gasteiger partial charge < -0.3 is 4.74 Å². The highest BCUT2D eigenvalue weighted by Crippen LogP contribution is 2.33. The molecule has 3 rings (SSSR count). The monoisotopic (exact) mass is 251 g/mol. The molecule has 0 N–H and O–H groups in total. The van der Waals surface area contributed by atoms with Crippen molar-refractivity contribution in [1.82, 2.24) is 4.90 Å². The zero-order valence-corrected chi connectivity index (χ0v) is 10.9. The highest BCUT2D eigenvalue weighted by atomic mass is 35.5. The van der Waals surface area contributed by atoms with E-state index in [0.29, 0.717) is 12.1 Å². The molecule has 2 atom stereocenters. The van der Waals surface area contributed by atoms with Gasteiger partial charge in [0, 0.05) is 11.1 Å². The molecule has 92 valence electrons. The van der Waals surface area contributed by atoms with Gasteiger partial charge in [0.05, 0.1) is 0 Å². The van der Waals surface area contributed by atoms with Crippen LogP contribution in [0.4, 0.5) is 0 Å². The number of hydrogen-bond acceptors (Lipinski definition) is 2. The molecule has 1 aromatic rings. The van der Waals surface area contributed by atoms with Crippen LogP contribution in [0.2, 0.25) is 5.02 Å². The number of hydrogen-bond donors (Lipinski definition) is 0. The summed E-state index contributed by atoms with van der Waals surface area (Å²) < 4.78 is 6.14. The van der Waals surface area contributed by atoms with Gasteiger partial charge in [-0.05, 0) is 63.0 Å². The Bertz CT molecular complexity index is 421. The van der Waals surface area contributed by atoms with Crippen molar-refractivity contribution in [3.8, 4) is 5.75 Å². The Morgan fingerprint density at radius 1 is 1.35 bits per heavy atom. The van der Waals surface area contributed by atoms with Gasteiger partial charge in [0.15, 0.2) is 0 Å². The molecule has 0 saturated carbocycles. The summed E-state index contributed by atoms with van der Waals surface area (Å²) in [6.07, 6.45) is 5.13. The number of ether oxygens (including phenoxy) is 1. The number of benzene rings is 1. The van der Waals surface area contributed by atoms with Gasteiger partial charge in [0.2, 0.25) is 0 Å². The first-order chi connectivity index (χ1) is 8.24. The topological polar surface area (TPSA) is 12.5 Å². The molecule has 1 aromatic carbocycles. The normalized spacial score (nSPS) is 28.8. The molecule has 1 saturated heterocycles. The molecular weight excluding hydrogens is 234 g/mol. The summed E-state index contributed by atoms with van der Waals surface area (Å²) in [5.74, 6) is 1.03. The molecule has 1 fully saturated rings. The fraction of sp³-hybridized carbons (Fsp3) is 0.571. The van der Waals surface area contributed by atoms with E-state index in [1.807, 2.05) is 18.2 Å². The summed E-state index contributed by atoms with van der Waals surface area (Å²) in [7, 11) is 2.21. The third-order valence-corrected chi connectivity index (χ3v) is 4.24. The second-order valence-electron chi connectivity index (χ2n) is 5.14. The largest absolute Gasteiger partial charge is 0.489 e. The summed E-state index contributed by atoms with van der Waals surface area (Å²) in [5, 5.41) is 0.809. The lowest BCUT2D eigenvalue weighted by atomic mass is 9.96. The Hall–Kier alpha value is -0.730. The molecule has 3 heteroatoms. The standard InChI is InChI=1S/C14H18ClNO/c1-16-8-2-3-12(16)14-6-4-10-9-11(15)5-7-13(10)17-14/h5,7,9,12,14H,2-4,6,8H2,1H3. The van der Waals surface area contributed by atoms with E-state index in [9.17, 15) is 0 Å². The average Bonchev–Trinajstić information content (AvgIpc) is 2.75. The lowest BCUT2D eigenvalue weighted by molar-refractivity contribution is 0.0886. The van der Waals surface area contributed by atoms with E-state index >= 15 is 0 Å². The van der Waals surface area contributed by atoms with E-state index in [1.165, 1.54) is 24.9 Å². The van der Waals surface area contributed by atoms with Gasteiger partial charge in [0.1, 0.15) is 11.9 Å². The number of rotatable bonds is 1. The van der Waals surface area contributed by atoms with Crippen molar-refractivity contribution in [2.75, 3.05) is 13.6 Å². The zero-order chi connectivity index (χ0) is 11.8. The Labute approximate surface area is 108 Å². The second-order valence-corrected chi connectivity index (χ2v) is 5.57. The van der Waals surface area contributed by atoms with E-state index in [1.54, 1.807) is 0 Å². The maximum atomic E-state index is 6.14. The molecule has 0 spiro atoms. The molecule has 0 radical (unpaired) electrons. The van der Waals surface area contributed by atoms with Crippen LogP contribution in [0.25, 0.3) is 0 Å². The van der Waals surface area contributed by atoms with Crippen molar-refractivity contribution in [3.63, 3.8) is 0 Å². The fourth-order valence-electron chi connectivity index (χ4n) is 3.05. The van der Waals surface area contributed by atoms with Gasteiger partial charge in [-0.1, -0.05) is 11.6 Å². The van der Waals surface area contributed by atoms with Crippen molar-refractivity contribution in [2.45, 2.75) is 37.8 Å². The van der Waals surface area contributed by atoms with Crippen molar-refractivity contribution in [1.29, 1.82) is 0 Å². The third kappa shape index (κ3) is 2.16. The molecule has 2 aliphatic rings. The van der Waals surface area contributed by atoms with E-state index in [2.05, 4.69) is 11.9 Å². The number of nitrogens with zero attached hydrogens (tertiary/aromatic N) is 1. The van der Waals surface area contributed by atoms with E-state index in [0.717, 1.165) is 23.6 Å².